The van der Waals surface area contributed by atoms with Crippen LogP contribution in [0.3, 0.4) is 0 Å². The Morgan fingerprint density at radius 2 is 2.15 bits per heavy atom. The maximum absolute atomic E-state index is 11.9. The normalized spacial score (nSPS) is 13.8. The van der Waals surface area contributed by atoms with Crippen molar-refractivity contribution in [2.45, 2.75) is 17.7 Å². The molecule has 2 heterocycles. The summed E-state index contributed by atoms with van der Waals surface area (Å²) in [6.07, 6.45) is 5.07. The molecule has 2 aromatic rings. The van der Waals surface area contributed by atoms with Gasteiger partial charge in [-0.3, -0.25) is 4.98 Å². The number of sulfonamides is 1. The van der Waals surface area contributed by atoms with Crippen LogP contribution in [0.15, 0.2) is 47.6 Å². The molecule has 1 aromatic carbocycles. The Hall–Kier alpha value is -2.65. The number of fused-ring (bicyclic) bond motifs is 1. The molecule has 2 amide bonds. The van der Waals surface area contributed by atoms with Crippen molar-refractivity contribution in [1.29, 1.82) is 0 Å². The SMILES string of the molecule is NS(=O)(=O)c1ccc2c(c1)N(CCNC(=O)Nc1cccnc1)CCC2. The van der Waals surface area contributed by atoms with Crippen LogP contribution in [0.2, 0.25) is 0 Å². The fourth-order valence-corrected chi connectivity index (χ4v) is 3.49. The van der Waals surface area contributed by atoms with Gasteiger partial charge in [0.15, 0.2) is 0 Å². The third-order valence-electron chi connectivity index (χ3n) is 4.19. The predicted molar refractivity (Wildman–Crippen MR) is 99.6 cm³/mol. The van der Waals surface area contributed by atoms with Crippen LogP contribution in [0.25, 0.3) is 0 Å². The lowest BCUT2D eigenvalue weighted by molar-refractivity contribution is 0.252. The molecular formula is C17H21N5O3S. The van der Waals surface area contributed by atoms with Crippen LogP contribution in [0, 0.1) is 0 Å². The number of primary sulfonamides is 1. The lowest BCUT2D eigenvalue weighted by atomic mass is 10.0. The largest absolute Gasteiger partial charge is 0.369 e. The van der Waals surface area contributed by atoms with Gasteiger partial charge in [0.1, 0.15) is 0 Å². The summed E-state index contributed by atoms with van der Waals surface area (Å²) in [7, 11) is -3.74. The van der Waals surface area contributed by atoms with Gasteiger partial charge in [0, 0.05) is 31.5 Å². The minimum absolute atomic E-state index is 0.102. The Balaban J connectivity index is 1.60. The number of nitrogens with zero attached hydrogens (tertiary/aromatic N) is 2. The molecule has 0 atom stereocenters. The number of nitrogens with one attached hydrogen (secondary N) is 2. The molecule has 3 rings (SSSR count). The van der Waals surface area contributed by atoms with E-state index in [4.69, 9.17) is 5.14 Å². The van der Waals surface area contributed by atoms with Crippen molar-refractivity contribution >= 4 is 27.4 Å². The van der Waals surface area contributed by atoms with Crippen LogP contribution >= 0.6 is 0 Å². The first kappa shape index (κ1) is 18.2. The number of carbonyl (C=O) groups is 1. The maximum Gasteiger partial charge on any atom is 0.319 e. The van der Waals surface area contributed by atoms with Gasteiger partial charge in [-0.15, -0.1) is 0 Å². The number of carbonyl (C=O) groups excluding carboxylic acids is 1. The van der Waals surface area contributed by atoms with Crippen molar-refractivity contribution < 1.29 is 13.2 Å². The van der Waals surface area contributed by atoms with E-state index in [-0.39, 0.29) is 10.9 Å². The Morgan fingerprint density at radius 1 is 1.31 bits per heavy atom. The highest BCUT2D eigenvalue weighted by molar-refractivity contribution is 7.89. The molecule has 0 unspecified atom stereocenters. The lowest BCUT2D eigenvalue weighted by Crippen LogP contribution is -2.39. The number of pyridine rings is 1. The molecule has 0 bridgehead atoms. The quantitative estimate of drug-likeness (QED) is 0.728. The van der Waals surface area contributed by atoms with Crippen LogP contribution in [-0.2, 0) is 16.4 Å². The fraction of sp³-hybridized carbons (Fsp3) is 0.294. The molecule has 0 fully saturated rings. The molecular weight excluding hydrogens is 354 g/mol. The van der Waals surface area contributed by atoms with E-state index >= 15 is 0 Å². The molecule has 4 N–H and O–H groups in total. The first-order valence-corrected chi connectivity index (χ1v) is 9.84. The highest BCUT2D eigenvalue weighted by Gasteiger charge is 2.19. The van der Waals surface area contributed by atoms with Crippen molar-refractivity contribution in [3.05, 3.63) is 48.3 Å². The van der Waals surface area contributed by atoms with Gasteiger partial charge in [-0.25, -0.2) is 18.4 Å². The van der Waals surface area contributed by atoms with E-state index in [1.165, 1.54) is 6.07 Å². The Kier molecular flexibility index (Phi) is 5.38. The fourth-order valence-electron chi connectivity index (χ4n) is 2.96. The van der Waals surface area contributed by atoms with Gasteiger partial charge >= 0.3 is 6.03 Å². The topological polar surface area (TPSA) is 117 Å². The summed E-state index contributed by atoms with van der Waals surface area (Å²) in [4.78, 5) is 18.0. The summed E-state index contributed by atoms with van der Waals surface area (Å²) < 4.78 is 23.2. The molecule has 9 heteroatoms. The smallest absolute Gasteiger partial charge is 0.319 e. The van der Waals surface area contributed by atoms with Gasteiger partial charge in [0.05, 0.1) is 16.8 Å². The number of aromatic nitrogens is 1. The second-order valence-corrected chi connectivity index (χ2v) is 7.61. The zero-order valence-electron chi connectivity index (χ0n) is 14.2. The van der Waals surface area contributed by atoms with E-state index in [1.54, 1.807) is 30.6 Å². The summed E-state index contributed by atoms with van der Waals surface area (Å²) in [6.45, 7) is 1.79. The molecule has 0 spiro atoms. The van der Waals surface area contributed by atoms with Gasteiger partial charge in [-0.05, 0) is 42.7 Å². The van der Waals surface area contributed by atoms with E-state index in [2.05, 4.69) is 20.5 Å². The van der Waals surface area contributed by atoms with Crippen LogP contribution in [-0.4, -0.2) is 39.1 Å². The number of benzene rings is 1. The number of nitrogens with two attached hydrogens (primary N) is 1. The predicted octanol–water partition coefficient (Wildman–Crippen LogP) is 1.30. The molecule has 1 aliphatic rings. The summed E-state index contributed by atoms with van der Waals surface area (Å²) in [6, 6.07) is 8.14. The Bertz CT molecular complexity index is 887. The molecule has 26 heavy (non-hydrogen) atoms. The minimum atomic E-state index is -3.74. The molecule has 0 saturated heterocycles. The Morgan fingerprint density at radius 3 is 2.88 bits per heavy atom. The van der Waals surface area contributed by atoms with Crippen LogP contribution < -0.4 is 20.7 Å². The van der Waals surface area contributed by atoms with Crippen molar-refractivity contribution in [2.75, 3.05) is 29.9 Å². The second-order valence-electron chi connectivity index (χ2n) is 6.05. The third-order valence-corrected chi connectivity index (χ3v) is 5.10. The number of hydrogen-bond acceptors (Lipinski definition) is 5. The van der Waals surface area contributed by atoms with Gasteiger partial charge in [-0.1, -0.05) is 6.07 Å². The Labute approximate surface area is 152 Å². The van der Waals surface area contributed by atoms with Crippen molar-refractivity contribution in [2.24, 2.45) is 5.14 Å². The highest BCUT2D eigenvalue weighted by Crippen LogP contribution is 2.29. The van der Waals surface area contributed by atoms with E-state index in [0.717, 1.165) is 30.6 Å². The molecule has 1 aliphatic heterocycles. The maximum atomic E-state index is 11.9. The van der Waals surface area contributed by atoms with Gasteiger partial charge in [-0.2, -0.15) is 0 Å². The second kappa shape index (κ2) is 7.71. The zero-order chi connectivity index (χ0) is 18.6. The lowest BCUT2D eigenvalue weighted by Gasteiger charge is -2.31. The summed E-state index contributed by atoms with van der Waals surface area (Å²) in [5.74, 6) is 0. The monoisotopic (exact) mass is 375 g/mol. The summed E-state index contributed by atoms with van der Waals surface area (Å²) >= 11 is 0. The zero-order valence-corrected chi connectivity index (χ0v) is 15.0. The van der Waals surface area contributed by atoms with Crippen LogP contribution in [0.1, 0.15) is 12.0 Å². The van der Waals surface area contributed by atoms with E-state index in [9.17, 15) is 13.2 Å². The van der Waals surface area contributed by atoms with Gasteiger partial charge < -0.3 is 15.5 Å². The number of aryl methyl sites for hydroxylation is 1. The van der Waals surface area contributed by atoms with Crippen molar-refractivity contribution in [1.82, 2.24) is 10.3 Å². The van der Waals surface area contributed by atoms with E-state index < -0.39 is 10.0 Å². The van der Waals surface area contributed by atoms with Gasteiger partial charge in [0.2, 0.25) is 10.0 Å². The van der Waals surface area contributed by atoms with Crippen LogP contribution in [0.4, 0.5) is 16.2 Å². The van der Waals surface area contributed by atoms with E-state index in [1.807, 2.05) is 6.07 Å². The minimum Gasteiger partial charge on any atom is -0.369 e. The molecule has 0 aliphatic carbocycles. The standard InChI is InChI=1S/C17H21N5O3S/c18-26(24,25)15-6-5-13-3-2-9-22(16(13)11-15)10-8-20-17(23)21-14-4-1-7-19-12-14/h1,4-7,11-12H,2-3,8-10H2,(H2,18,24,25)(H2,20,21,23). The molecule has 0 saturated carbocycles. The van der Waals surface area contributed by atoms with Gasteiger partial charge in [0.25, 0.3) is 0 Å². The first-order valence-electron chi connectivity index (χ1n) is 8.29. The molecule has 138 valence electrons. The van der Waals surface area contributed by atoms with Crippen molar-refractivity contribution in [3.63, 3.8) is 0 Å². The average Bonchev–Trinajstić information content (AvgIpc) is 2.61. The number of amides is 2. The molecule has 8 nitrogen and oxygen atoms in total. The number of urea groups is 1. The number of anilines is 2. The first-order chi connectivity index (χ1) is 12.4. The summed E-state index contributed by atoms with van der Waals surface area (Å²) in [5, 5.41) is 10.7. The average molecular weight is 375 g/mol. The number of rotatable bonds is 5. The molecule has 1 aromatic heterocycles. The van der Waals surface area contributed by atoms with Crippen molar-refractivity contribution in [3.8, 4) is 0 Å². The van der Waals surface area contributed by atoms with Crippen LogP contribution in [0.5, 0.6) is 0 Å². The van der Waals surface area contributed by atoms with E-state index in [0.29, 0.717) is 18.8 Å². The highest BCUT2D eigenvalue weighted by atomic mass is 32.2. The third kappa shape index (κ3) is 4.50. The summed E-state index contributed by atoms with van der Waals surface area (Å²) in [5.41, 5.74) is 2.56. The molecule has 0 radical (unpaired) electrons. The number of hydrogen-bond donors (Lipinski definition) is 3.